The van der Waals surface area contributed by atoms with Crippen LogP contribution in [0, 0.1) is 0 Å². The van der Waals surface area contributed by atoms with Crippen LogP contribution in [0.2, 0.25) is 0 Å². The maximum absolute atomic E-state index is 13.5. The van der Waals surface area contributed by atoms with Gasteiger partial charge in [-0.1, -0.05) is 17.3 Å². The number of hydrogen-bond donors (Lipinski definition) is 1. The molecule has 0 aliphatic heterocycles. The largest absolute Gasteiger partial charge is 0.496 e. The Labute approximate surface area is 108 Å². The molecule has 0 amide bonds. The smallest absolute Gasteiger partial charge is 0.358 e. The van der Waals surface area contributed by atoms with Crippen LogP contribution in [0.15, 0.2) is 28.8 Å². The second-order valence-corrected chi connectivity index (χ2v) is 3.93. The van der Waals surface area contributed by atoms with E-state index >= 15 is 0 Å². The fraction of sp³-hybridized carbons (Fsp3) is 0.231. The van der Waals surface area contributed by atoms with Crippen molar-refractivity contribution in [2.24, 2.45) is 0 Å². The van der Waals surface area contributed by atoms with Gasteiger partial charge in [0.15, 0.2) is 11.5 Å². The van der Waals surface area contributed by atoms with E-state index in [0.717, 1.165) is 0 Å². The van der Waals surface area contributed by atoms with E-state index < -0.39 is 12.1 Å². The predicted molar refractivity (Wildman–Crippen MR) is 65.0 cm³/mol. The standard InChI is InChI=1S/C13H12FNO4/c1-7(14)8-4-3-5-9(12(8)18-2)11-6-10(13(16)17)15-19-11/h3-7H,1-2H3,(H,16,17). The number of hydrogen-bond acceptors (Lipinski definition) is 4. The van der Waals surface area contributed by atoms with Gasteiger partial charge >= 0.3 is 5.97 Å². The Morgan fingerprint density at radius 2 is 2.26 bits per heavy atom. The summed E-state index contributed by atoms with van der Waals surface area (Å²) in [6.07, 6.45) is -1.21. The molecule has 0 aliphatic carbocycles. The maximum atomic E-state index is 13.5. The molecule has 1 unspecified atom stereocenters. The van der Waals surface area contributed by atoms with Crippen molar-refractivity contribution in [2.45, 2.75) is 13.1 Å². The minimum atomic E-state index is -1.21. The number of carboxylic acid groups (broad SMARTS) is 1. The maximum Gasteiger partial charge on any atom is 0.358 e. The molecule has 1 aromatic heterocycles. The molecular formula is C13H12FNO4. The molecule has 5 nitrogen and oxygen atoms in total. The number of rotatable bonds is 4. The first-order valence-electron chi connectivity index (χ1n) is 5.56. The molecule has 0 saturated carbocycles. The summed E-state index contributed by atoms with van der Waals surface area (Å²) in [6.45, 7) is 1.39. The SMILES string of the molecule is COc1c(-c2cc(C(=O)O)no2)cccc1C(C)F. The van der Waals surface area contributed by atoms with Crippen LogP contribution >= 0.6 is 0 Å². The number of aromatic nitrogens is 1. The average molecular weight is 265 g/mol. The Kier molecular flexibility index (Phi) is 3.50. The number of ether oxygens (including phenoxy) is 1. The molecule has 0 fully saturated rings. The second kappa shape index (κ2) is 5.09. The minimum Gasteiger partial charge on any atom is -0.496 e. The van der Waals surface area contributed by atoms with E-state index in [4.69, 9.17) is 14.4 Å². The lowest BCUT2D eigenvalue weighted by Crippen LogP contribution is -1.96. The molecule has 2 rings (SSSR count). The van der Waals surface area contributed by atoms with E-state index in [1.807, 2.05) is 0 Å². The van der Waals surface area contributed by atoms with Crippen LogP contribution in [0.5, 0.6) is 5.75 Å². The Bertz CT molecular complexity index is 606. The molecule has 1 heterocycles. The summed E-state index contributed by atoms with van der Waals surface area (Å²) in [6, 6.07) is 6.16. The first-order valence-corrected chi connectivity index (χ1v) is 5.56. The first-order chi connectivity index (χ1) is 9.04. The number of para-hydroxylation sites is 1. The zero-order chi connectivity index (χ0) is 14.0. The highest BCUT2D eigenvalue weighted by molar-refractivity contribution is 5.86. The van der Waals surface area contributed by atoms with Gasteiger partial charge in [0.2, 0.25) is 0 Å². The van der Waals surface area contributed by atoms with Crippen molar-refractivity contribution < 1.29 is 23.6 Å². The van der Waals surface area contributed by atoms with Crippen molar-refractivity contribution in [3.63, 3.8) is 0 Å². The molecular weight excluding hydrogens is 253 g/mol. The Hall–Kier alpha value is -2.37. The van der Waals surface area contributed by atoms with Crippen molar-refractivity contribution in [3.05, 3.63) is 35.5 Å². The summed E-state index contributed by atoms with van der Waals surface area (Å²) in [4.78, 5) is 10.8. The van der Waals surface area contributed by atoms with Gasteiger partial charge in [0, 0.05) is 11.6 Å². The molecule has 0 saturated heterocycles. The summed E-state index contributed by atoms with van der Waals surface area (Å²) in [5, 5.41) is 12.2. The van der Waals surface area contributed by atoms with Crippen LogP contribution in [-0.2, 0) is 0 Å². The fourth-order valence-electron chi connectivity index (χ4n) is 1.79. The quantitative estimate of drug-likeness (QED) is 0.919. The number of halogens is 1. The van der Waals surface area contributed by atoms with Crippen molar-refractivity contribution in [1.82, 2.24) is 5.16 Å². The number of carbonyl (C=O) groups is 1. The predicted octanol–water partition coefficient (Wildman–Crippen LogP) is 3.08. The third-order valence-corrected chi connectivity index (χ3v) is 2.67. The molecule has 0 spiro atoms. The fourth-order valence-corrected chi connectivity index (χ4v) is 1.79. The van der Waals surface area contributed by atoms with Gasteiger partial charge in [0.1, 0.15) is 11.9 Å². The van der Waals surface area contributed by atoms with Crippen LogP contribution < -0.4 is 4.74 Å². The van der Waals surface area contributed by atoms with Crippen LogP contribution in [0.25, 0.3) is 11.3 Å². The third kappa shape index (κ3) is 2.42. The second-order valence-electron chi connectivity index (χ2n) is 3.93. The van der Waals surface area contributed by atoms with E-state index in [-0.39, 0.29) is 11.5 Å². The summed E-state index contributed by atoms with van der Waals surface area (Å²) >= 11 is 0. The number of benzene rings is 1. The monoisotopic (exact) mass is 265 g/mol. The van der Waals surface area contributed by atoms with E-state index in [2.05, 4.69) is 5.16 Å². The first kappa shape index (κ1) is 13.1. The molecule has 1 N–H and O–H groups in total. The zero-order valence-corrected chi connectivity index (χ0v) is 10.4. The van der Waals surface area contributed by atoms with Gasteiger partial charge in [-0.2, -0.15) is 0 Å². The molecule has 1 aromatic carbocycles. The molecule has 19 heavy (non-hydrogen) atoms. The number of nitrogens with zero attached hydrogens (tertiary/aromatic N) is 1. The van der Waals surface area contributed by atoms with E-state index in [1.54, 1.807) is 18.2 Å². The van der Waals surface area contributed by atoms with Gasteiger partial charge in [-0.15, -0.1) is 0 Å². The topological polar surface area (TPSA) is 72.6 Å². The minimum absolute atomic E-state index is 0.212. The zero-order valence-electron chi connectivity index (χ0n) is 10.4. The summed E-state index contributed by atoms with van der Waals surface area (Å²) in [7, 11) is 1.42. The number of alkyl halides is 1. The third-order valence-electron chi connectivity index (χ3n) is 2.67. The van der Waals surface area contributed by atoms with E-state index in [1.165, 1.54) is 20.1 Å². The molecule has 2 aromatic rings. The van der Waals surface area contributed by atoms with E-state index in [9.17, 15) is 9.18 Å². The summed E-state index contributed by atoms with van der Waals surface area (Å²) < 4.78 is 23.6. The van der Waals surface area contributed by atoms with Crippen molar-refractivity contribution in [2.75, 3.05) is 7.11 Å². The van der Waals surface area contributed by atoms with Crippen molar-refractivity contribution in [3.8, 4) is 17.1 Å². The molecule has 6 heteroatoms. The van der Waals surface area contributed by atoms with Crippen molar-refractivity contribution in [1.29, 1.82) is 0 Å². The lowest BCUT2D eigenvalue weighted by Gasteiger charge is -2.12. The Morgan fingerprint density at radius 1 is 1.53 bits per heavy atom. The van der Waals surface area contributed by atoms with Gasteiger partial charge in [-0.3, -0.25) is 0 Å². The van der Waals surface area contributed by atoms with Gasteiger partial charge in [-0.05, 0) is 13.0 Å². The number of aromatic carboxylic acids is 1. The Morgan fingerprint density at radius 3 is 2.79 bits per heavy atom. The lowest BCUT2D eigenvalue weighted by atomic mass is 10.0. The molecule has 100 valence electrons. The van der Waals surface area contributed by atoms with E-state index in [0.29, 0.717) is 16.9 Å². The van der Waals surface area contributed by atoms with Crippen LogP contribution in [0.4, 0.5) is 4.39 Å². The van der Waals surface area contributed by atoms with Gasteiger partial charge < -0.3 is 14.4 Å². The summed E-state index contributed by atoms with van der Waals surface area (Å²) in [5.41, 5.74) is 0.619. The summed E-state index contributed by atoms with van der Waals surface area (Å²) in [5.74, 6) is -0.661. The van der Waals surface area contributed by atoms with Crippen LogP contribution in [-0.4, -0.2) is 23.3 Å². The Balaban J connectivity index is 2.54. The molecule has 0 bridgehead atoms. The highest BCUT2D eigenvalue weighted by atomic mass is 19.1. The molecule has 0 radical (unpaired) electrons. The number of methoxy groups -OCH3 is 1. The normalized spacial score (nSPS) is 12.2. The van der Waals surface area contributed by atoms with Crippen LogP contribution in [0.1, 0.15) is 29.1 Å². The van der Waals surface area contributed by atoms with Crippen molar-refractivity contribution >= 4 is 5.97 Å². The van der Waals surface area contributed by atoms with Gasteiger partial charge in [-0.25, -0.2) is 9.18 Å². The molecule has 1 atom stereocenters. The molecule has 0 aliphatic rings. The average Bonchev–Trinajstić information content (AvgIpc) is 2.87. The highest BCUT2D eigenvalue weighted by Crippen LogP contribution is 2.37. The van der Waals surface area contributed by atoms with Crippen LogP contribution in [0.3, 0.4) is 0 Å². The van der Waals surface area contributed by atoms with Gasteiger partial charge in [0.25, 0.3) is 0 Å². The number of carboxylic acids is 1. The lowest BCUT2D eigenvalue weighted by molar-refractivity contribution is 0.0686. The van der Waals surface area contributed by atoms with Gasteiger partial charge in [0.05, 0.1) is 12.7 Å². The highest BCUT2D eigenvalue weighted by Gasteiger charge is 2.19.